The highest BCUT2D eigenvalue weighted by atomic mass is 16.3. The molecule has 0 radical (unpaired) electrons. The van der Waals surface area contributed by atoms with Crippen molar-refractivity contribution < 1.29 is 5.11 Å². The van der Waals surface area contributed by atoms with Gasteiger partial charge in [0.1, 0.15) is 5.75 Å². The van der Waals surface area contributed by atoms with Gasteiger partial charge in [-0.25, -0.2) is 0 Å². The quantitative estimate of drug-likeness (QED) is 0.667. The molecule has 0 aliphatic rings. The van der Waals surface area contributed by atoms with Crippen LogP contribution in [0, 0.1) is 0 Å². The predicted octanol–water partition coefficient (Wildman–Crippen LogP) is 5.47. The van der Waals surface area contributed by atoms with Crippen molar-refractivity contribution in [2.45, 2.75) is 51.9 Å². The van der Waals surface area contributed by atoms with Gasteiger partial charge in [-0.05, 0) is 47.9 Å². The van der Waals surface area contributed by atoms with Gasteiger partial charge in [-0.1, -0.05) is 69.2 Å². The summed E-state index contributed by atoms with van der Waals surface area (Å²) in [5, 5.41) is 10.0. The highest BCUT2D eigenvalue weighted by molar-refractivity contribution is 5.37. The lowest BCUT2D eigenvalue weighted by atomic mass is 9.89. The fourth-order valence-corrected chi connectivity index (χ4v) is 2.91. The van der Waals surface area contributed by atoms with Gasteiger partial charge in [0.15, 0.2) is 0 Å². The van der Waals surface area contributed by atoms with Gasteiger partial charge in [0.05, 0.1) is 0 Å². The van der Waals surface area contributed by atoms with Gasteiger partial charge in [-0.15, -0.1) is 0 Å². The monoisotopic (exact) mass is 282 g/mol. The van der Waals surface area contributed by atoms with Crippen molar-refractivity contribution in [1.29, 1.82) is 0 Å². The standard InChI is InChI=1S/C20H26O/c1-3-4-5-10-17-11-6-7-12-18(17)15-16(2)19-13-8-9-14-20(19)21/h6-9,11-14,16,21H,3-5,10,15H2,1-2H3. The Morgan fingerprint density at radius 1 is 0.905 bits per heavy atom. The molecule has 0 fully saturated rings. The second-order valence-corrected chi connectivity index (χ2v) is 5.89. The summed E-state index contributed by atoms with van der Waals surface area (Å²) in [6, 6.07) is 16.4. The Morgan fingerprint density at radius 3 is 2.29 bits per heavy atom. The highest BCUT2D eigenvalue weighted by Gasteiger charge is 2.12. The Bertz CT molecular complexity index is 559. The molecule has 2 aromatic rings. The zero-order chi connectivity index (χ0) is 15.1. The van der Waals surface area contributed by atoms with E-state index >= 15 is 0 Å². The molecule has 0 bridgehead atoms. The predicted molar refractivity (Wildman–Crippen MR) is 89.9 cm³/mol. The van der Waals surface area contributed by atoms with E-state index in [9.17, 15) is 5.11 Å². The van der Waals surface area contributed by atoms with E-state index in [1.165, 1.54) is 30.4 Å². The van der Waals surface area contributed by atoms with Crippen LogP contribution in [-0.4, -0.2) is 5.11 Å². The third kappa shape index (κ3) is 4.35. The smallest absolute Gasteiger partial charge is 0.119 e. The van der Waals surface area contributed by atoms with Crippen molar-refractivity contribution in [1.82, 2.24) is 0 Å². The lowest BCUT2D eigenvalue weighted by Crippen LogP contribution is -2.02. The van der Waals surface area contributed by atoms with Gasteiger partial charge in [0.25, 0.3) is 0 Å². The molecule has 2 rings (SSSR count). The van der Waals surface area contributed by atoms with E-state index in [4.69, 9.17) is 0 Å². The van der Waals surface area contributed by atoms with Crippen molar-refractivity contribution in [3.8, 4) is 5.75 Å². The maximum absolute atomic E-state index is 10.0. The zero-order valence-corrected chi connectivity index (χ0v) is 13.2. The number of phenolic OH excluding ortho intramolecular Hbond substituents is 1. The summed E-state index contributed by atoms with van der Waals surface area (Å²) in [5.74, 6) is 0.743. The van der Waals surface area contributed by atoms with Crippen LogP contribution in [0.25, 0.3) is 0 Å². The summed E-state index contributed by atoms with van der Waals surface area (Å²) in [4.78, 5) is 0. The van der Waals surface area contributed by atoms with Crippen molar-refractivity contribution in [3.63, 3.8) is 0 Å². The van der Waals surface area contributed by atoms with Gasteiger partial charge in [0, 0.05) is 0 Å². The van der Waals surface area contributed by atoms with Gasteiger partial charge >= 0.3 is 0 Å². The second-order valence-electron chi connectivity index (χ2n) is 5.89. The van der Waals surface area contributed by atoms with Crippen LogP contribution in [0.3, 0.4) is 0 Å². The summed E-state index contributed by atoms with van der Waals surface area (Å²) in [6.07, 6.45) is 5.97. The number of unbranched alkanes of at least 4 members (excludes halogenated alkanes) is 2. The fraction of sp³-hybridized carbons (Fsp3) is 0.400. The fourth-order valence-electron chi connectivity index (χ4n) is 2.91. The molecule has 21 heavy (non-hydrogen) atoms. The van der Waals surface area contributed by atoms with Gasteiger partial charge in [-0.3, -0.25) is 0 Å². The normalized spacial score (nSPS) is 12.3. The minimum Gasteiger partial charge on any atom is -0.508 e. The largest absolute Gasteiger partial charge is 0.508 e. The highest BCUT2D eigenvalue weighted by Crippen LogP contribution is 2.29. The Morgan fingerprint density at radius 2 is 1.57 bits per heavy atom. The summed E-state index contributed by atoms with van der Waals surface area (Å²) in [6.45, 7) is 4.43. The van der Waals surface area contributed by atoms with E-state index in [0.29, 0.717) is 11.7 Å². The molecular formula is C20H26O. The molecule has 0 aliphatic heterocycles. The lowest BCUT2D eigenvalue weighted by Gasteiger charge is -2.16. The average Bonchev–Trinajstić information content (AvgIpc) is 2.49. The third-order valence-electron chi connectivity index (χ3n) is 4.16. The van der Waals surface area contributed by atoms with Crippen LogP contribution in [-0.2, 0) is 12.8 Å². The minimum absolute atomic E-state index is 0.332. The van der Waals surface area contributed by atoms with Gasteiger partial charge in [0.2, 0.25) is 0 Å². The van der Waals surface area contributed by atoms with Crippen LogP contribution >= 0.6 is 0 Å². The van der Waals surface area contributed by atoms with E-state index in [1.54, 1.807) is 6.07 Å². The van der Waals surface area contributed by atoms with Crippen LogP contribution in [0.1, 0.15) is 55.7 Å². The maximum Gasteiger partial charge on any atom is 0.119 e. The SMILES string of the molecule is CCCCCc1ccccc1CC(C)c1ccccc1O. The van der Waals surface area contributed by atoms with E-state index in [-0.39, 0.29) is 0 Å². The number of phenols is 1. The first-order valence-electron chi connectivity index (χ1n) is 8.07. The topological polar surface area (TPSA) is 20.2 Å². The first-order chi connectivity index (χ1) is 10.2. The molecule has 2 aromatic carbocycles. The molecule has 0 spiro atoms. The molecule has 0 aromatic heterocycles. The second kappa shape index (κ2) is 7.87. The van der Waals surface area contributed by atoms with Gasteiger partial charge in [-0.2, -0.15) is 0 Å². The van der Waals surface area contributed by atoms with Crippen LogP contribution in [0.5, 0.6) is 5.75 Å². The van der Waals surface area contributed by atoms with E-state index in [1.807, 2.05) is 18.2 Å². The molecule has 0 saturated carbocycles. The number of aromatic hydroxyl groups is 1. The Balaban J connectivity index is 2.10. The molecule has 1 atom stereocenters. The van der Waals surface area contributed by atoms with Crippen LogP contribution in [0.15, 0.2) is 48.5 Å². The molecule has 0 saturated heterocycles. The molecule has 0 heterocycles. The first-order valence-corrected chi connectivity index (χ1v) is 8.07. The molecule has 112 valence electrons. The summed E-state index contributed by atoms with van der Waals surface area (Å²) < 4.78 is 0. The molecule has 1 nitrogen and oxygen atoms in total. The Hall–Kier alpha value is -1.76. The van der Waals surface area contributed by atoms with E-state index in [2.05, 4.69) is 38.1 Å². The first kappa shape index (κ1) is 15.6. The van der Waals surface area contributed by atoms with Crippen LogP contribution < -0.4 is 0 Å². The third-order valence-corrected chi connectivity index (χ3v) is 4.16. The van der Waals surface area contributed by atoms with Crippen molar-refractivity contribution in [3.05, 3.63) is 65.2 Å². The number of benzene rings is 2. The molecule has 1 heteroatoms. The lowest BCUT2D eigenvalue weighted by molar-refractivity contribution is 0.462. The van der Waals surface area contributed by atoms with Crippen LogP contribution in [0.2, 0.25) is 0 Å². The molecule has 1 unspecified atom stereocenters. The van der Waals surface area contributed by atoms with Crippen molar-refractivity contribution in [2.75, 3.05) is 0 Å². The van der Waals surface area contributed by atoms with Crippen molar-refractivity contribution in [2.24, 2.45) is 0 Å². The van der Waals surface area contributed by atoms with E-state index < -0.39 is 0 Å². The van der Waals surface area contributed by atoms with Crippen molar-refractivity contribution >= 4 is 0 Å². The van der Waals surface area contributed by atoms with Gasteiger partial charge < -0.3 is 5.11 Å². The maximum atomic E-state index is 10.0. The van der Waals surface area contributed by atoms with Crippen LogP contribution in [0.4, 0.5) is 0 Å². The molecule has 0 aliphatic carbocycles. The Labute approximate surface area is 128 Å². The number of hydrogen-bond acceptors (Lipinski definition) is 1. The molecular weight excluding hydrogens is 256 g/mol. The van der Waals surface area contributed by atoms with E-state index in [0.717, 1.165) is 18.4 Å². The number of rotatable bonds is 7. The molecule has 1 N–H and O–H groups in total. The minimum atomic E-state index is 0.332. The average molecular weight is 282 g/mol. The number of hydrogen-bond donors (Lipinski definition) is 1. The summed E-state index contributed by atoms with van der Waals surface area (Å²) >= 11 is 0. The zero-order valence-electron chi connectivity index (χ0n) is 13.2. The summed E-state index contributed by atoms with van der Waals surface area (Å²) in [5.41, 5.74) is 3.93. The number of para-hydroxylation sites is 1. The molecule has 0 amide bonds. The number of aryl methyl sites for hydroxylation is 1. The summed E-state index contributed by atoms with van der Waals surface area (Å²) in [7, 11) is 0. The Kier molecular flexibility index (Phi) is 5.86.